The van der Waals surface area contributed by atoms with E-state index in [1.54, 1.807) is 24.3 Å². The molecule has 2 heterocycles. The van der Waals surface area contributed by atoms with Gasteiger partial charge in [0.25, 0.3) is 5.91 Å². The molecule has 0 bridgehead atoms. The Bertz CT molecular complexity index is 862. The van der Waals surface area contributed by atoms with Gasteiger partial charge in [-0.2, -0.15) is 0 Å². The van der Waals surface area contributed by atoms with E-state index in [-0.39, 0.29) is 17.7 Å². The Kier molecular flexibility index (Phi) is 3.57. The molecule has 0 radical (unpaired) electrons. The monoisotopic (exact) mass is 340 g/mol. The largest absolute Gasteiger partial charge is 0.322 e. The lowest BCUT2D eigenvalue weighted by atomic mass is 9.96. The molecule has 2 aromatic carbocycles. The standard InChI is InChI=1S/C19H17ClN2O2/c1-11-15-10-13(21-18(23)14-6-2-3-7-16(14)20)9-12-5-4-8-22(17(12)15)19(11)24/h2-3,6-7,9-11H,4-5,8H2,1H3,(H,21,23)/t11-/m1/s1. The molecule has 0 aromatic heterocycles. The van der Waals surface area contributed by atoms with E-state index in [0.29, 0.717) is 10.6 Å². The fraction of sp³-hybridized carbons (Fsp3) is 0.263. The number of carbonyl (C=O) groups is 2. The molecule has 0 spiro atoms. The molecule has 0 unspecified atom stereocenters. The number of nitrogens with zero attached hydrogens (tertiary/aromatic N) is 1. The smallest absolute Gasteiger partial charge is 0.257 e. The molecule has 24 heavy (non-hydrogen) atoms. The van der Waals surface area contributed by atoms with E-state index in [1.807, 2.05) is 24.0 Å². The zero-order valence-corrected chi connectivity index (χ0v) is 14.1. The molecular formula is C19H17ClN2O2. The maximum atomic E-state index is 12.5. The van der Waals surface area contributed by atoms with Crippen molar-refractivity contribution in [2.75, 3.05) is 16.8 Å². The van der Waals surface area contributed by atoms with Crippen molar-refractivity contribution in [3.8, 4) is 0 Å². The van der Waals surface area contributed by atoms with Crippen molar-refractivity contribution in [3.05, 3.63) is 58.1 Å². The van der Waals surface area contributed by atoms with Gasteiger partial charge < -0.3 is 10.2 Å². The van der Waals surface area contributed by atoms with E-state index >= 15 is 0 Å². The zero-order chi connectivity index (χ0) is 16.8. The lowest BCUT2D eigenvalue weighted by Crippen LogP contribution is -2.32. The molecule has 0 saturated carbocycles. The molecule has 4 rings (SSSR count). The van der Waals surface area contributed by atoms with Gasteiger partial charge in [0.05, 0.1) is 22.2 Å². The van der Waals surface area contributed by atoms with E-state index in [0.717, 1.165) is 41.9 Å². The van der Waals surface area contributed by atoms with Gasteiger partial charge in [0, 0.05) is 12.2 Å². The number of anilines is 2. The second-order valence-corrected chi connectivity index (χ2v) is 6.73. The number of halogens is 1. The first-order valence-electron chi connectivity index (χ1n) is 8.10. The van der Waals surface area contributed by atoms with Crippen LogP contribution in [0.3, 0.4) is 0 Å². The minimum Gasteiger partial charge on any atom is -0.322 e. The summed E-state index contributed by atoms with van der Waals surface area (Å²) in [6, 6.07) is 10.9. The highest BCUT2D eigenvalue weighted by molar-refractivity contribution is 6.34. The summed E-state index contributed by atoms with van der Waals surface area (Å²) in [4.78, 5) is 26.8. The van der Waals surface area contributed by atoms with Crippen molar-refractivity contribution in [2.24, 2.45) is 0 Å². The molecule has 1 N–H and O–H groups in total. The van der Waals surface area contributed by atoms with Crippen LogP contribution in [0.25, 0.3) is 0 Å². The number of aryl methyl sites for hydroxylation is 1. The maximum Gasteiger partial charge on any atom is 0.257 e. The van der Waals surface area contributed by atoms with Gasteiger partial charge in [0.2, 0.25) is 5.91 Å². The van der Waals surface area contributed by atoms with Crippen molar-refractivity contribution < 1.29 is 9.59 Å². The summed E-state index contributed by atoms with van der Waals surface area (Å²) >= 11 is 6.10. The van der Waals surface area contributed by atoms with Gasteiger partial charge in [-0.05, 0) is 55.2 Å². The van der Waals surface area contributed by atoms with E-state index < -0.39 is 0 Å². The van der Waals surface area contributed by atoms with E-state index in [1.165, 1.54) is 0 Å². The number of rotatable bonds is 2. The Morgan fingerprint density at radius 1 is 1.29 bits per heavy atom. The normalized spacial score (nSPS) is 18.5. The molecule has 2 aliphatic heterocycles. The van der Waals surface area contributed by atoms with Crippen molar-refractivity contribution >= 4 is 34.8 Å². The molecule has 4 nitrogen and oxygen atoms in total. The second-order valence-electron chi connectivity index (χ2n) is 6.32. The summed E-state index contributed by atoms with van der Waals surface area (Å²) < 4.78 is 0. The summed E-state index contributed by atoms with van der Waals surface area (Å²) in [5.41, 5.74) is 4.35. The van der Waals surface area contributed by atoms with Crippen LogP contribution in [0.1, 0.15) is 40.7 Å². The van der Waals surface area contributed by atoms with Crippen LogP contribution in [0.2, 0.25) is 5.02 Å². The van der Waals surface area contributed by atoms with Crippen LogP contribution in [0, 0.1) is 0 Å². The van der Waals surface area contributed by atoms with Gasteiger partial charge >= 0.3 is 0 Å². The molecule has 2 aromatic rings. The molecule has 2 aliphatic rings. The zero-order valence-electron chi connectivity index (χ0n) is 13.3. The van der Waals surface area contributed by atoms with Crippen molar-refractivity contribution in [1.29, 1.82) is 0 Å². The third kappa shape index (κ3) is 2.29. The fourth-order valence-electron chi connectivity index (χ4n) is 3.61. The lowest BCUT2D eigenvalue weighted by Gasteiger charge is -2.26. The summed E-state index contributed by atoms with van der Waals surface area (Å²) in [6.07, 6.45) is 1.88. The first kappa shape index (κ1) is 15.2. The number of nitrogens with one attached hydrogen (secondary N) is 1. The van der Waals surface area contributed by atoms with Crippen molar-refractivity contribution in [1.82, 2.24) is 0 Å². The molecule has 5 heteroatoms. The van der Waals surface area contributed by atoms with Gasteiger partial charge in [-0.1, -0.05) is 23.7 Å². The number of carbonyl (C=O) groups excluding carboxylic acids is 2. The SMILES string of the molecule is C[C@H]1C(=O)N2CCCc3cc(NC(=O)c4ccccc4Cl)cc1c32. The first-order chi connectivity index (χ1) is 11.6. The predicted molar refractivity (Wildman–Crippen MR) is 94.9 cm³/mol. The highest BCUT2D eigenvalue weighted by Gasteiger charge is 2.37. The van der Waals surface area contributed by atoms with Crippen LogP contribution in [-0.4, -0.2) is 18.4 Å². The quantitative estimate of drug-likeness (QED) is 0.898. The Hall–Kier alpha value is -2.33. The van der Waals surface area contributed by atoms with Gasteiger partial charge in [0.1, 0.15) is 0 Å². The summed E-state index contributed by atoms with van der Waals surface area (Å²) in [7, 11) is 0. The summed E-state index contributed by atoms with van der Waals surface area (Å²) in [5.74, 6) is -0.244. The number of benzene rings is 2. The van der Waals surface area contributed by atoms with Gasteiger partial charge in [-0.15, -0.1) is 0 Å². The minimum absolute atomic E-state index is 0.153. The van der Waals surface area contributed by atoms with Gasteiger partial charge in [0.15, 0.2) is 0 Å². The molecule has 1 atom stereocenters. The van der Waals surface area contributed by atoms with E-state index in [2.05, 4.69) is 5.32 Å². The van der Waals surface area contributed by atoms with Crippen molar-refractivity contribution in [3.63, 3.8) is 0 Å². The van der Waals surface area contributed by atoms with Crippen LogP contribution in [0.4, 0.5) is 11.4 Å². The number of amides is 2. The Morgan fingerprint density at radius 3 is 2.88 bits per heavy atom. The summed E-state index contributed by atoms with van der Waals surface area (Å²) in [6.45, 7) is 2.71. The fourth-order valence-corrected chi connectivity index (χ4v) is 3.83. The molecule has 0 saturated heterocycles. The van der Waals surface area contributed by atoms with Gasteiger partial charge in [-0.25, -0.2) is 0 Å². The van der Waals surface area contributed by atoms with Crippen LogP contribution >= 0.6 is 11.6 Å². The van der Waals surface area contributed by atoms with Crippen LogP contribution in [0.5, 0.6) is 0 Å². The Morgan fingerprint density at radius 2 is 2.08 bits per heavy atom. The average molecular weight is 341 g/mol. The number of hydrogen-bond acceptors (Lipinski definition) is 2. The van der Waals surface area contributed by atoms with Gasteiger partial charge in [-0.3, -0.25) is 9.59 Å². The van der Waals surface area contributed by atoms with E-state index in [4.69, 9.17) is 11.6 Å². The lowest BCUT2D eigenvalue weighted by molar-refractivity contribution is -0.119. The molecule has 122 valence electrons. The topological polar surface area (TPSA) is 49.4 Å². The molecule has 0 aliphatic carbocycles. The highest BCUT2D eigenvalue weighted by atomic mass is 35.5. The van der Waals surface area contributed by atoms with Crippen LogP contribution in [-0.2, 0) is 11.2 Å². The first-order valence-corrected chi connectivity index (χ1v) is 8.48. The molecule has 2 amide bonds. The Labute approximate surface area is 145 Å². The third-order valence-electron chi connectivity index (χ3n) is 4.80. The predicted octanol–water partition coefficient (Wildman–Crippen LogP) is 3.99. The average Bonchev–Trinajstić information content (AvgIpc) is 2.82. The Balaban J connectivity index is 1.70. The second kappa shape index (κ2) is 5.64. The summed E-state index contributed by atoms with van der Waals surface area (Å²) in [5, 5.41) is 3.35. The van der Waals surface area contributed by atoms with Crippen LogP contribution < -0.4 is 10.2 Å². The van der Waals surface area contributed by atoms with E-state index in [9.17, 15) is 9.59 Å². The maximum absolute atomic E-state index is 12.5. The number of hydrogen-bond donors (Lipinski definition) is 1. The minimum atomic E-state index is -0.239. The molecule has 0 fully saturated rings. The van der Waals surface area contributed by atoms with Crippen LogP contribution in [0.15, 0.2) is 36.4 Å². The highest BCUT2D eigenvalue weighted by Crippen LogP contribution is 2.44. The third-order valence-corrected chi connectivity index (χ3v) is 5.12. The molecular weight excluding hydrogens is 324 g/mol. The van der Waals surface area contributed by atoms with Crippen molar-refractivity contribution in [2.45, 2.75) is 25.7 Å².